The molecule has 1 heterocycles. The first-order chi connectivity index (χ1) is 11.9. The second-order valence-electron chi connectivity index (χ2n) is 5.20. The zero-order valence-corrected chi connectivity index (χ0v) is 14.0. The summed E-state index contributed by atoms with van der Waals surface area (Å²) in [6.07, 6.45) is -2.23. The van der Waals surface area contributed by atoms with E-state index in [0.717, 1.165) is 11.8 Å². The van der Waals surface area contributed by atoms with Gasteiger partial charge in [0.25, 0.3) is 0 Å². The van der Waals surface area contributed by atoms with Gasteiger partial charge >= 0.3 is 6.18 Å². The third-order valence-corrected chi connectivity index (χ3v) is 3.54. The number of ether oxygens (including phenoxy) is 1. The fourth-order valence-electron chi connectivity index (χ4n) is 2.26. The van der Waals surface area contributed by atoms with Crippen LogP contribution in [0.3, 0.4) is 0 Å². The molecule has 0 amide bonds. The van der Waals surface area contributed by atoms with Crippen molar-refractivity contribution in [1.29, 1.82) is 0 Å². The van der Waals surface area contributed by atoms with Gasteiger partial charge in [0, 0.05) is 26.6 Å². The molecule has 136 valence electrons. The lowest BCUT2D eigenvalue weighted by Crippen LogP contribution is -2.38. The van der Waals surface area contributed by atoms with Crippen LogP contribution in [0.25, 0.3) is 0 Å². The summed E-state index contributed by atoms with van der Waals surface area (Å²) in [7, 11) is 2.89. The Balaban J connectivity index is 1.96. The average molecular weight is 355 g/mol. The highest BCUT2D eigenvalue weighted by Gasteiger charge is 2.33. The number of guanidine groups is 1. The number of benzene rings is 1. The third-order valence-electron chi connectivity index (χ3n) is 3.54. The van der Waals surface area contributed by atoms with Crippen molar-refractivity contribution < 1.29 is 22.3 Å². The van der Waals surface area contributed by atoms with Crippen LogP contribution < -0.4 is 15.4 Å². The minimum Gasteiger partial charge on any atom is -0.497 e. The lowest BCUT2D eigenvalue weighted by molar-refractivity contribution is -0.138. The summed E-state index contributed by atoms with van der Waals surface area (Å²) < 4.78 is 49.7. The molecule has 2 aromatic rings. The highest BCUT2D eigenvalue weighted by Crippen LogP contribution is 2.34. The Labute approximate surface area is 143 Å². The van der Waals surface area contributed by atoms with Gasteiger partial charge in [0.15, 0.2) is 5.96 Å². The number of nitrogens with one attached hydrogen (secondary N) is 2. The van der Waals surface area contributed by atoms with Crippen LogP contribution in [-0.2, 0) is 19.1 Å². The van der Waals surface area contributed by atoms with E-state index in [2.05, 4.69) is 15.6 Å². The molecule has 0 atom stereocenters. The molecule has 0 spiro atoms. The lowest BCUT2D eigenvalue weighted by atomic mass is 10.1. The molecule has 2 N–H and O–H groups in total. The summed E-state index contributed by atoms with van der Waals surface area (Å²) in [5, 5.41) is 5.91. The van der Waals surface area contributed by atoms with Crippen LogP contribution in [0.1, 0.15) is 16.9 Å². The van der Waals surface area contributed by atoms with E-state index in [1.54, 1.807) is 19.4 Å². The van der Waals surface area contributed by atoms with E-state index in [4.69, 9.17) is 9.15 Å². The Morgan fingerprint density at radius 2 is 2.04 bits per heavy atom. The number of alkyl halides is 3. The molecule has 25 heavy (non-hydrogen) atoms. The van der Waals surface area contributed by atoms with E-state index in [1.165, 1.54) is 19.2 Å². The van der Waals surface area contributed by atoms with E-state index < -0.39 is 11.7 Å². The van der Waals surface area contributed by atoms with Crippen molar-refractivity contribution in [2.24, 2.45) is 4.99 Å². The number of halogens is 3. The van der Waals surface area contributed by atoms with Gasteiger partial charge in [-0.15, -0.1) is 0 Å². The van der Waals surface area contributed by atoms with Crippen LogP contribution in [0.15, 0.2) is 46.0 Å². The third kappa shape index (κ3) is 5.44. The molecule has 0 fully saturated rings. The van der Waals surface area contributed by atoms with Gasteiger partial charge in [-0.25, -0.2) is 0 Å². The summed E-state index contributed by atoms with van der Waals surface area (Å²) in [6.45, 7) is 0.529. The monoisotopic (exact) mass is 355 g/mol. The molecule has 0 aliphatic heterocycles. The molecular weight excluding hydrogens is 335 g/mol. The number of hydrogen-bond donors (Lipinski definition) is 2. The Morgan fingerprint density at radius 1 is 1.24 bits per heavy atom. The summed E-state index contributed by atoms with van der Waals surface area (Å²) in [5.74, 6) is 1.39. The smallest absolute Gasteiger partial charge is 0.416 e. The molecule has 0 aliphatic rings. The topological polar surface area (TPSA) is 58.8 Å². The predicted octanol–water partition coefficient (Wildman–Crippen LogP) is 3.21. The fraction of sp³-hybridized carbons (Fsp3) is 0.353. The van der Waals surface area contributed by atoms with Gasteiger partial charge in [-0.1, -0.05) is 6.07 Å². The van der Waals surface area contributed by atoms with Gasteiger partial charge in [0.2, 0.25) is 0 Å². The van der Waals surface area contributed by atoms with Crippen molar-refractivity contribution in [3.8, 4) is 5.75 Å². The Hall–Kier alpha value is -2.64. The molecule has 2 rings (SSSR count). The van der Waals surface area contributed by atoms with Crippen molar-refractivity contribution in [3.63, 3.8) is 0 Å². The molecule has 0 aliphatic carbocycles. The van der Waals surface area contributed by atoms with Crippen LogP contribution in [0.2, 0.25) is 0 Å². The van der Waals surface area contributed by atoms with Crippen LogP contribution in [0.4, 0.5) is 13.2 Å². The number of nitrogens with zero attached hydrogens (tertiary/aromatic N) is 1. The van der Waals surface area contributed by atoms with Crippen molar-refractivity contribution in [1.82, 2.24) is 10.6 Å². The lowest BCUT2D eigenvalue weighted by Gasteiger charge is -2.16. The Kier molecular flexibility index (Phi) is 6.32. The van der Waals surface area contributed by atoms with Gasteiger partial charge in [0.1, 0.15) is 11.5 Å². The molecule has 8 heteroatoms. The van der Waals surface area contributed by atoms with Crippen LogP contribution in [-0.4, -0.2) is 26.7 Å². The molecule has 1 aromatic carbocycles. The van der Waals surface area contributed by atoms with Gasteiger partial charge in [0.05, 0.1) is 18.9 Å². The van der Waals surface area contributed by atoms with Crippen LogP contribution in [0.5, 0.6) is 5.75 Å². The molecule has 0 saturated heterocycles. The minimum absolute atomic E-state index is 0.0146. The molecule has 1 aromatic heterocycles. The quantitative estimate of drug-likeness (QED) is 0.617. The van der Waals surface area contributed by atoms with E-state index in [0.29, 0.717) is 18.9 Å². The van der Waals surface area contributed by atoms with E-state index in [-0.39, 0.29) is 17.9 Å². The highest BCUT2D eigenvalue weighted by atomic mass is 19.4. The van der Waals surface area contributed by atoms with Gasteiger partial charge in [-0.2, -0.15) is 13.2 Å². The normalized spacial score (nSPS) is 12.1. The standard InChI is InChI=1S/C17H20F3N3O2/c1-21-16(22-8-7-13-4-3-9-25-13)23-11-12-5-6-14(24-2)10-15(12)17(18,19)20/h3-6,9-10H,7-8,11H2,1-2H3,(H2,21,22,23). The second kappa shape index (κ2) is 8.46. The number of aliphatic imine (C=N–C) groups is 1. The van der Waals surface area contributed by atoms with Gasteiger partial charge in [-0.3, -0.25) is 4.99 Å². The zero-order chi connectivity index (χ0) is 18.3. The number of furan rings is 1. The largest absolute Gasteiger partial charge is 0.497 e. The number of rotatable bonds is 6. The zero-order valence-electron chi connectivity index (χ0n) is 14.0. The molecule has 0 bridgehead atoms. The molecule has 5 nitrogen and oxygen atoms in total. The Morgan fingerprint density at radius 3 is 2.64 bits per heavy atom. The first kappa shape index (κ1) is 18.7. The first-order valence-corrected chi connectivity index (χ1v) is 7.65. The average Bonchev–Trinajstić information content (AvgIpc) is 3.10. The molecule has 0 radical (unpaired) electrons. The van der Waals surface area contributed by atoms with Crippen molar-refractivity contribution >= 4 is 5.96 Å². The number of methoxy groups -OCH3 is 1. The highest BCUT2D eigenvalue weighted by molar-refractivity contribution is 5.79. The molecule has 0 unspecified atom stereocenters. The van der Waals surface area contributed by atoms with Crippen LogP contribution >= 0.6 is 0 Å². The van der Waals surface area contributed by atoms with E-state index >= 15 is 0 Å². The summed E-state index contributed by atoms with van der Waals surface area (Å²) in [4.78, 5) is 4.01. The summed E-state index contributed by atoms with van der Waals surface area (Å²) in [5.41, 5.74) is -0.618. The minimum atomic E-state index is -4.46. The maximum absolute atomic E-state index is 13.2. The Bertz CT molecular complexity index is 698. The van der Waals surface area contributed by atoms with E-state index in [1.807, 2.05) is 6.07 Å². The molecular formula is C17H20F3N3O2. The van der Waals surface area contributed by atoms with Crippen LogP contribution in [0, 0.1) is 0 Å². The first-order valence-electron chi connectivity index (χ1n) is 7.65. The maximum atomic E-state index is 13.2. The van der Waals surface area contributed by atoms with Crippen molar-refractivity contribution in [2.45, 2.75) is 19.1 Å². The summed E-state index contributed by atoms with van der Waals surface area (Å²) >= 11 is 0. The maximum Gasteiger partial charge on any atom is 0.416 e. The van der Waals surface area contributed by atoms with Gasteiger partial charge < -0.3 is 19.8 Å². The van der Waals surface area contributed by atoms with Gasteiger partial charge in [-0.05, 0) is 29.8 Å². The predicted molar refractivity (Wildman–Crippen MR) is 88.6 cm³/mol. The van der Waals surface area contributed by atoms with Crippen molar-refractivity contribution in [2.75, 3.05) is 20.7 Å². The number of hydrogen-bond acceptors (Lipinski definition) is 3. The molecule has 0 saturated carbocycles. The summed E-state index contributed by atoms with van der Waals surface area (Å²) in [6, 6.07) is 7.53. The fourth-order valence-corrected chi connectivity index (χ4v) is 2.26. The second-order valence-corrected chi connectivity index (χ2v) is 5.20. The SMILES string of the molecule is CN=C(NCCc1ccco1)NCc1ccc(OC)cc1C(F)(F)F. The van der Waals surface area contributed by atoms with E-state index in [9.17, 15) is 13.2 Å². The van der Waals surface area contributed by atoms with Crippen molar-refractivity contribution in [3.05, 3.63) is 53.5 Å².